The Morgan fingerprint density at radius 2 is 2.12 bits per heavy atom. The van der Waals surface area contributed by atoms with E-state index < -0.39 is 0 Å². The van der Waals surface area contributed by atoms with Crippen molar-refractivity contribution >= 4 is 39.2 Å². The van der Waals surface area contributed by atoms with Crippen LogP contribution in [0.25, 0.3) is 10.2 Å². The highest BCUT2D eigenvalue weighted by atomic mass is 32.2. The lowest BCUT2D eigenvalue weighted by Crippen LogP contribution is -2.29. The third-order valence-corrected chi connectivity index (χ3v) is 7.67. The summed E-state index contributed by atoms with van der Waals surface area (Å²) in [5.74, 6) is 0.865. The van der Waals surface area contributed by atoms with Crippen LogP contribution in [0, 0.1) is 0 Å². The SMILES string of the molecule is COc1cccc(Cn2c(SCC(=O)NC3CCc4ccccc43)nc3ccsc3c2=O)c1. The van der Waals surface area contributed by atoms with Gasteiger partial charge in [0.2, 0.25) is 5.91 Å². The largest absolute Gasteiger partial charge is 0.497 e. The number of rotatable bonds is 7. The molecule has 0 fully saturated rings. The Morgan fingerprint density at radius 1 is 1.24 bits per heavy atom. The molecule has 1 aliphatic carbocycles. The monoisotopic (exact) mass is 477 g/mol. The molecular formula is C25H23N3O3S2. The molecule has 2 aromatic carbocycles. The van der Waals surface area contributed by atoms with Gasteiger partial charge in [-0.05, 0) is 53.1 Å². The maximum Gasteiger partial charge on any atom is 0.272 e. The molecule has 1 atom stereocenters. The molecular weight excluding hydrogens is 454 g/mol. The van der Waals surface area contributed by atoms with E-state index in [9.17, 15) is 9.59 Å². The summed E-state index contributed by atoms with van der Waals surface area (Å²) in [4.78, 5) is 30.7. The number of aryl methyl sites for hydroxylation is 1. The molecule has 0 aliphatic heterocycles. The molecule has 0 spiro atoms. The molecule has 2 heterocycles. The van der Waals surface area contributed by atoms with E-state index in [1.54, 1.807) is 11.7 Å². The molecule has 2 aromatic heterocycles. The summed E-state index contributed by atoms with van der Waals surface area (Å²) in [6.07, 6.45) is 1.89. The van der Waals surface area contributed by atoms with Crippen LogP contribution < -0.4 is 15.6 Å². The number of carbonyl (C=O) groups excluding carboxylic acids is 1. The van der Waals surface area contributed by atoms with Crippen LogP contribution in [0.15, 0.2) is 69.9 Å². The molecule has 1 N–H and O–H groups in total. The highest BCUT2D eigenvalue weighted by Crippen LogP contribution is 2.31. The zero-order valence-electron chi connectivity index (χ0n) is 18.1. The predicted molar refractivity (Wildman–Crippen MR) is 132 cm³/mol. The first-order valence-corrected chi connectivity index (χ1v) is 12.6. The molecule has 168 valence electrons. The van der Waals surface area contributed by atoms with Gasteiger partial charge >= 0.3 is 0 Å². The van der Waals surface area contributed by atoms with Crippen LogP contribution >= 0.6 is 23.1 Å². The Labute approximate surface area is 199 Å². The first kappa shape index (κ1) is 21.7. The van der Waals surface area contributed by atoms with Crippen LogP contribution in [0.5, 0.6) is 5.75 Å². The fourth-order valence-electron chi connectivity index (χ4n) is 4.20. The summed E-state index contributed by atoms with van der Waals surface area (Å²) < 4.78 is 7.59. The number of carbonyl (C=O) groups is 1. The molecule has 1 unspecified atom stereocenters. The average molecular weight is 478 g/mol. The van der Waals surface area contributed by atoms with E-state index in [4.69, 9.17) is 9.72 Å². The van der Waals surface area contributed by atoms with Crippen LogP contribution in [0.2, 0.25) is 0 Å². The van der Waals surface area contributed by atoms with Crippen LogP contribution in [-0.4, -0.2) is 28.3 Å². The van der Waals surface area contributed by atoms with Gasteiger partial charge in [-0.15, -0.1) is 11.3 Å². The lowest BCUT2D eigenvalue weighted by atomic mass is 10.1. The maximum absolute atomic E-state index is 13.2. The lowest BCUT2D eigenvalue weighted by Gasteiger charge is -2.15. The third-order valence-electron chi connectivity index (χ3n) is 5.81. The minimum absolute atomic E-state index is 0.0422. The van der Waals surface area contributed by atoms with Crippen LogP contribution in [0.3, 0.4) is 0 Å². The van der Waals surface area contributed by atoms with Crippen molar-refractivity contribution in [2.24, 2.45) is 0 Å². The molecule has 8 heteroatoms. The molecule has 4 aromatic rings. The van der Waals surface area contributed by atoms with Gasteiger partial charge in [0.1, 0.15) is 10.4 Å². The number of aromatic nitrogens is 2. The van der Waals surface area contributed by atoms with Gasteiger partial charge in [0.05, 0.1) is 31.0 Å². The first-order chi connectivity index (χ1) is 16.1. The van der Waals surface area contributed by atoms with E-state index in [2.05, 4.69) is 17.4 Å². The minimum Gasteiger partial charge on any atom is -0.497 e. The zero-order chi connectivity index (χ0) is 22.8. The van der Waals surface area contributed by atoms with E-state index in [1.165, 1.54) is 34.2 Å². The quantitative estimate of drug-likeness (QED) is 0.315. The fraction of sp³-hybridized carbons (Fsp3) is 0.240. The summed E-state index contributed by atoms with van der Waals surface area (Å²) in [7, 11) is 1.62. The Kier molecular flexibility index (Phi) is 6.20. The summed E-state index contributed by atoms with van der Waals surface area (Å²) in [6.45, 7) is 0.358. The number of benzene rings is 2. The number of fused-ring (bicyclic) bond motifs is 2. The average Bonchev–Trinajstić information content (AvgIpc) is 3.47. The Balaban J connectivity index is 1.36. The van der Waals surface area contributed by atoms with Crippen molar-refractivity contribution in [2.75, 3.05) is 12.9 Å². The fourth-order valence-corrected chi connectivity index (χ4v) is 5.79. The smallest absolute Gasteiger partial charge is 0.272 e. The molecule has 1 aliphatic rings. The molecule has 6 nitrogen and oxygen atoms in total. The number of methoxy groups -OCH3 is 1. The van der Waals surface area contributed by atoms with Gasteiger partial charge in [0.15, 0.2) is 5.16 Å². The normalized spacial score (nSPS) is 14.9. The van der Waals surface area contributed by atoms with Crippen molar-refractivity contribution in [2.45, 2.75) is 30.6 Å². The number of amides is 1. The second-order valence-electron chi connectivity index (χ2n) is 7.92. The van der Waals surface area contributed by atoms with E-state index in [-0.39, 0.29) is 23.3 Å². The molecule has 33 heavy (non-hydrogen) atoms. The van der Waals surface area contributed by atoms with E-state index in [0.717, 1.165) is 24.2 Å². The number of thioether (sulfide) groups is 1. The number of nitrogens with zero attached hydrogens (tertiary/aromatic N) is 2. The summed E-state index contributed by atoms with van der Waals surface area (Å²) in [5, 5.41) is 5.55. The second kappa shape index (κ2) is 9.41. The summed E-state index contributed by atoms with van der Waals surface area (Å²) in [5.41, 5.74) is 4.00. The van der Waals surface area contributed by atoms with Crippen molar-refractivity contribution in [3.05, 3.63) is 87.0 Å². The standard InChI is InChI=1S/C25H23N3O3S2/c1-31-18-7-4-5-16(13-18)14-28-24(30)23-21(11-12-32-23)27-25(28)33-15-22(29)26-20-10-9-17-6-2-3-8-19(17)20/h2-8,11-13,20H,9-10,14-15H2,1H3,(H,26,29). The van der Waals surface area contributed by atoms with Gasteiger partial charge < -0.3 is 10.1 Å². The number of hydrogen-bond acceptors (Lipinski definition) is 6. The molecule has 1 amide bonds. The van der Waals surface area contributed by atoms with Crippen molar-refractivity contribution in [3.8, 4) is 5.75 Å². The molecule has 0 saturated carbocycles. The highest BCUT2D eigenvalue weighted by molar-refractivity contribution is 7.99. The van der Waals surface area contributed by atoms with Gasteiger partial charge in [-0.1, -0.05) is 48.2 Å². The summed E-state index contributed by atoms with van der Waals surface area (Å²) >= 11 is 2.68. The van der Waals surface area contributed by atoms with E-state index in [0.29, 0.717) is 21.9 Å². The van der Waals surface area contributed by atoms with Crippen LogP contribution in [-0.2, 0) is 17.8 Å². The lowest BCUT2D eigenvalue weighted by molar-refractivity contribution is -0.119. The van der Waals surface area contributed by atoms with Crippen molar-refractivity contribution in [1.29, 1.82) is 0 Å². The number of ether oxygens (including phenoxy) is 1. The van der Waals surface area contributed by atoms with Crippen molar-refractivity contribution < 1.29 is 9.53 Å². The van der Waals surface area contributed by atoms with E-state index in [1.807, 2.05) is 47.8 Å². The van der Waals surface area contributed by atoms with Gasteiger partial charge in [-0.2, -0.15) is 0 Å². The molecule has 0 bridgehead atoms. The second-order valence-corrected chi connectivity index (χ2v) is 9.78. The van der Waals surface area contributed by atoms with Gasteiger partial charge in [-0.3, -0.25) is 14.2 Å². The zero-order valence-corrected chi connectivity index (χ0v) is 19.7. The van der Waals surface area contributed by atoms with E-state index >= 15 is 0 Å². The van der Waals surface area contributed by atoms with Gasteiger partial charge in [0.25, 0.3) is 5.56 Å². The van der Waals surface area contributed by atoms with Crippen LogP contribution in [0.4, 0.5) is 0 Å². The first-order valence-electron chi connectivity index (χ1n) is 10.7. The molecule has 0 radical (unpaired) electrons. The predicted octanol–water partition coefficient (Wildman–Crippen LogP) is 4.41. The third kappa shape index (κ3) is 4.54. The minimum atomic E-state index is -0.0922. The molecule has 0 saturated heterocycles. The number of nitrogens with one attached hydrogen (secondary N) is 1. The van der Waals surface area contributed by atoms with Crippen molar-refractivity contribution in [3.63, 3.8) is 0 Å². The topological polar surface area (TPSA) is 73.2 Å². The Bertz CT molecular complexity index is 1380. The Morgan fingerprint density at radius 3 is 3.00 bits per heavy atom. The van der Waals surface area contributed by atoms with Crippen molar-refractivity contribution in [1.82, 2.24) is 14.9 Å². The van der Waals surface area contributed by atoms with Crippen LogP contribution in [0.1, 0.15) is 29.2 Å². The highest BCUT2D eigenvalue weighted by Gasteiger charge is 2.23. The van der Waals surface area contributed by atoms with Gasteiger partial charge in [-0.25, -0.2) is 4.98 Å². The maximum atomic E-state index is 13.2. The number of hydrogen-bond donors (Lipinski definition) is 1. The summed E-state index contributed by atoms with van der Waals surface area (Å²) in [6, 6.07) is 17.8. The van der Waals surface area contributed by atoms with Gasteiger partial charge in [0, 0.05) is 0 Å². The Hall–Kier alpha value is -3.10. The molecule has 5 rings (SSSR count). The number of thiophene rings is 1.